The van der Waals surface area contributed by atoms with Gasteiger partial charge in [0.1, 0.15) is 0 Å². The summed E-state index contributed by atoms with van der Waals surface area (Å²) in [6.45, 7) is 4.37. The molecule has 2 aliphatic rings. The number of carboxylic acid groups (broad SMARTS) is 1. The Morgan fingerprint density at radius 2 is 2.12 bits per heavy atom. The van der Waals surface area contributed by atoms with Gasteiger partial charge in [-0.3, -0.25) is 0 Å². The molecule has 0 saturated carbocycles. The van der Waals surface area contributed by atoms with E-state index < -0.39 is 12.1 Å². The van der Waals surface area contributed by atoms with E-state index >= 15 is 0 Å². The van der Waals surface area contributed by atoms with E-state index in [4.69, 9.17) is 0 Å². The summed E-state index contributed by atoms with van der Waals surface area (Å²) in [5.74, 6) is 0.330. The van der Waals surface area contributed by atoms with Gasteiger partial charge in [-0.2, -0.15) is 0 Å². The van der Waals surface area contributed by atoms with Crippen molar-refractivity contribution in [3.8, 4) is 0 Å². The standard InChI is InChI=1S/C20H29NO3S/c1-2-3-5-14(13-8-10-21-11-9-13)18-12-17(22)15-6-4-7-16(20(23)24)19(15)25-18/h4,6-7,13-14,17-18,21-22H,2-3,5,8-12H2,1H3,(H,23,24). The normalized spacial score (nSPS) is 25.4. The number of carbonyl (C=O) groups is 1. The lowest BCUT2D eigenvalue weighted by Gasteiger charge is -2.39. The van der Waals surface area contributed by atoms with Crippen LogP contribution in [0.25, 0.3) is 0 Å². The number of aromatic carboxylic acids is 1. The highest BCUT2D eigenvalue weighted by Crippen LogP contribution is 2.48. The van der Waals surface area contributed by atoms with Crippen molar-refractivity contribution in [3.05, 3.63) is 29.3 Å². The molecule has 4 nitrogen and oxygen atoms in total. The van der Waals surface area contributed by atoms with E-state index in [1.165, 1.54) is 32.1 Å². The van der Waals surface area contributed by atoms with Gasteiger partial charge in [-0.1, -0.05) is 31.9 Å². The highest BCUT2D eigenvalue weighted by atomic mass is 32.2. The van der Waals surface area contributed by atoms with Crippen LogP contribution in [0.3, 0.4) is 0 Å². The van der Waals surface area contributed by atoms with Gasteiger partial charge in [-0.15, -0.1) is 11.8 Å². The second-order valence-electron chi connectivity index (χ2n) is 7.33. The second kappa shape index (κ2) is 8.56. The fourth-order valence-corrected chi connectivity index (χ4v) is 6.10. The third-order valence-electron chi connectivity index (χ3n) is 5.72. The molecule has 25 heavy (non-hydrogen) atoms. The van der Waals surface area contributed by atoms with Crippen LogP contribution in [0.4, 0.5) is 0 Å². The summed E-state index contributed by atoms with van der Waals surface area (Å²) in [6.07, 6.45) is 6.12. The molecule has 0 amide bonds. The Kier molecular flexibility index (Phi) is 6.42. The molecule has 1 saturated heterocycles. The van der Waals surface area contributed by atoms with Gasteiger partial charge in [0, 0.05) is 10.1 Å². The van der Waals surface area contributed by atoms with Crippen molar-refractivity contribution in [2.75, 3.05) is 13.1 Å². The van der Waals surface area contributed by atoms with Gasteiger partial charge in [-0.05, 0) is 62.2 Å². The first-order valence-electron chi connectivity index (χ1n) is 9.53. The van der Waals surface area contributed by atoms with Crippen LogP contribution >= 0.6 is 11.8 Å². The molecule has 1 fully saturated rings. The number of nitrogens with one attached hydrogen (secondary N) is 1. The molecule has 2 heterocycles. The molecule has 0 radical (unpaired) electrons. The largest absolute Gasteiger partial charge is 0.478 e. The zero-order valence-electron chi connectivity index (χ0n) is 14.9. The summed E-state index contributed by atoms with van der Waals surface area (Å²) >= 11 is 1.71. The van der Waals surface area contributed by atoms with Crippen LogP contribution < -0.4 is 5.32 Å². The lowest BCUT2D eigenvalue weighted by Crippen LogP contribution is -2.37. The molecule has 1 aromatic rings. The van der Waals surface area contributed by atoms with E-state index in [1.54, 1.807) is 23.9 Å². The van der Waals surface area contributed by atoms with Crippen molar-refractivity contribution >= 4 is 17.7 Å². The van der Waals surface area contributed by atoms with Crippen LogP contribution in [0.2, 0.25) is 0 Å². The maximum absolute atomic E-state index is 11.6. The van der Waals surface area contributed by atoms with Crippen LogP contribution in [0.1, 0.15) is 67.5 Å². The lowest BCUT2D eigenvalue weighted by molar-refractivity contribution is 0.0691. The Labute approximate surface area is 154 Å². The average molecular weight is 364 g/mol. The van der Waals surface area contributed by atoms with E-state index in [9.17, 15) is 15.0 Å². The number of aliphatic hydroxyl groups is 1. The van der Waals surface area contributed by atoms with Crippen LogP contribution in [-0.2, 0) is 0 Å². The molecule has 2 aliphatic heterocycles. The molecular formula is C20H29NO3S. The van der Waals surface area contributed by atoms with E-state index in [0.717, 1.165) is 30.0 Å². The molecule has 3 unspecified atom stereocenters. The maximum atomic E-state index is 11.6. The number of piperidine rings is 1. The van der Waals surface area contributed by atoms with Gasteiger partial charge in [-0.25, -0.2) is 4.79 Å². The molecule has 5 heteroatoms. The number of rotatable bonds is 6. The zero-order valence-corrected chi connectivity index (χ0v) is 15.7. The summed E-state index contributed by atoms with van der Waals surface area (Å²) < 4.78 is 0. The highest BCUT2D eigenvalue weighted by molar-refractivity contribution is 8.00. The minimum atomic E-state index is -0.899. The quantitative estimate of drug-likeness (QED) is 0.710. The number of carboxylic acids is 1. The first-order valence-corrected chi connectivity index (χ1v) is 10.4. The number of hydrogen-bond donors (Lipinski definition) is 3. The molecule has 1 aromatic carbocycles. The van der Waals surface area contributed by atoms with E-state index in [0.29, 0.717) is 22.6 Å². The third kappa shape index (κ3) is 4.21. The van der Waals surface area contributed by atoms with Crippen molar-refractivity contribution in [1.29, 1.82) is 0 Å². The zero-order chi connectivity index (χ0) is 17.8. The second-order valence-corrected chi connectivity index (χ2v) is 8.58. The maximum Gasteiger partial charge on any atom is 0.336 e. The number of thioether (sulfide) groups is 1. The Morgan fingerprint density at radius 3 is 2.80 bits per heavy atom. The molecule has 0 aliphatic carbocycles. The topological polar surface area (TPSA) is 69.6 Å². The fraction of sp³-hybridized carbons (Fsp3) is 0.650. The predicted octanol–water partition coefficient (Wildman–Crippen LogP) is 4.09. The first-order chi connectivity index (χ1) is 12.1. The first kappa shape index (κ1) is 18.7. The van der Waals surface area contributed by atoms with Crippen LogP contribution in [0, 0.1) is 11.8 Å². The molecular weight excluding hydrogens is 334 g/mol. The molecule has 0 aromatic heterocycles. The summed E-state index contributed by atoms with van der Waals surface area (Å²) in [5, 5.41) is 24.0. The van der Waals surface area contributed by atoms with Crippen LogP contribution in [0.5, 0.6) is 0 Å². The third-order valence-corrected chi connectivity index (χ3v) is 7.25. The van der Waals surface area contributed by atoms with Crippen molar-refractivity contribution in [1.82, 2.24) is 5.32 Å². The number of benzene rings is 1. The summed E-state index contributed by atoms with van der Waals surface area (Å²) in [7, 11) is 0. The van der Waals surface area contributed by atoms with E-state index in [1.807, 2.05) is 6.07 Å². The fourth-order valence-electron chi connectivity index (χ4n) is 4.36. The molecule has 0 bridgehead atoms. The summed E-state index contributed by atoms with van der Waals surface area (Å²) in [6, 6.07) is 5.28. The molecule has 3 atom stereocenters. The predicted molar refractivity (Wildman–Crippen MR) is 101 cm³/mol. The van der Waals surface area contributed by atoms with Gasteiger partial charge >= 0.3 is 5.97 Å². The van der Waals surface area contributed by atoms with Crippen molar-refractivity contribution in [2.45, 2.75) is 61.7 Å². The van der Waals surface area contributed by atoms with Crippen LogP contribution in [0.15, 0.2) is 23.1 Å². The number of fused-ring (bicyclic) bond motifs is 1. The van der Waals surface area contributed by atoms with Crippen molar-refractivity contribution < 1.29 is 15.0 Å². The monoisotopic (exact) mass is 363 g/mol. The molecule has 3 rings (SSSR count). The number of hydrogen-bond acceptors (Lipinski definition) is 4. The minimum Gasteiger partial charge on any atom is -0.478 e. The number of unbranched alkanes of at least 4 members (excludes halogenated alkanes) is 1. The van der Waals surface area contributed by atoms with Gasteiger partial charge in [0.2, 0.25) is 0 Å². The van der Waals surface area contributed by atoms with Crippen molar-refractivity contribution in [2.24, 2.45) is 11.8 Å². The van der Waals surface area contributed by atoms with Gasteiger partial charge in [0.15, 0.2) is 0 Å². The average Bonchev–Trinajstić information content (AvgIpc) is 2.62. The van der Waals surface area contributed by atoms with Gasteiger partial charge in [0.25, 0.3) is 0 Å². The Balaban J connectivity index is 1.86. The number of aliphatic hydroxyl groups excluding tert-OH is 1. The Morgan fingerprint density at radius 1 is 1.36 bits per heavy atom. The van der Waals surface area contributed by atoms with Gasteiger partial charge in [0.05, 0.1) is 11.7 Å². The summed E-state index contributed by atoms with van der Waals surface area (Å²) in [4.78, 5) is 12.4. The van der Waals surface area contributed by atoms with Gasteiger partial charge < -0.3 is 15.5 Å². The molecule has 3 N–H and O–H groups in total. The van der Waals surface area contributed by atoms with Crippen molar-refractivity contribution in [3.63, 3.8) is 0 Å². The molecule has 138 valence electrons. The Hall–Kier alpha value is -1.04. The highest BCUT2D eigenvalue weighted by Gasteiger charge is 2.37. The van der Waals surface area contributed by atoms with Crippen LogP contribution in [-0.4, -0.2) is 34.5 Å². The minimum absolute atomic E-state index is 0.303. The van der Waals surface area contributed by atoms with E-state index in [-0.39, 0.29) is 0 Å². The SMILES string of the molecule is CCCCC(C1CCNCC1)C1CC(O)c2cccc(C(=O)O)c2S1. The molecule has 0 spiro atoms. The Bertz CT molecular complexity index is 601. The van der Waals surface area contributed by atoms with E-state index in [2.05, 4.69) is 12.2 Å². The lowest BCUT2D eigenvalue weighted by atomic mass is 9.78. The smallest absolute Gasteiger partial charge is 0.336 e. The summed E-state index contributed by atoms with van der Waals surface area (Å²) in [5.41, 5.74) is 1.13.